The van der Waals surface area contributed by atoms with Gasteiger partial charge in [0.25, 0.3) is 6.08 Å². The van der Waals surface area contributed by atoms with Gasteiger partial charge in [-0.3, -0.25) is 4.79 Å². The second-order valence-corrected chi connectivity index (χ2v) is 1.43. The summed E-state index contributed by atoms with van der Waals surface area (Å²) < 4.78 is 22.3. The molecule has 0 aliphatic carbocycles. The highest BCUT2D eigenvalue weighted by Gasteiger charge is 1.94. The van der Waals surface area contributed by atoms with E-state index in [4.69, 9.17) is 5.11 Å². The van der Waals surface area contributed by atoms with Gasteiger partial charge in [-0.05, 0) is 12.5 Å². The Balaban J connectivity index is 3.31. The van der Waals surface area contributed by atoms with Crippen molar-refractivity contribution >= 4 is 5.97 Å². The third-order valence-electron chi connectivity index (χ3n) is 0.657. The van der Waals surface area contributed by atoms with E-state index in [2.05, 4.69) is 0 Å². The molecule has 0 aliphatic heterocycles. The largest absolute Gasteiger partial charge is 0.481 e. The molecule has 0 spiro atoms. The maximum atomic E-state index is 11.2. The molecule has 0 aliphatic rings. The Morgan fingerprint density at radius 3 is 2.44 bits per heavy atom. The third kappa shape index (κ3) is 7.07. The molecule has 0 fully saturated rings. The molecule has 0 unspecified atom stereocenters. The molecule has 0 radical (unpaired) electrons. The Morgan fingerprint density at radius 2 is 2.11 bits per heavy atom. The minimum Gasteiger partial charge on any atom is -0.481 e. The highest BCUT2D eigenvalue weighted by molar-refractivity contribution is 5.66. The van der Waals surface area contributed by atoms with Crippen LogP contribution in [0.25, 0.3) is 0 Å². The number of carboxylic acid groups (broad SMARTS) is 1. The van der Waals surface area contributed by atoms with Crippen molar-refractivity contribution in [2.45, 2.75) is 12.8 Å². The van der Waals surface area contributed by atoms with E-state index in [0.29, 0.717) is 6.08 Å². The number of hydrogen-bond donors (Lipinski definition) is 1. The standard InChI is InChI=1S/C5H6F2O2/c6-4(7)2-1-3-5(8)9/h2H,1,3H2,(H,8,9). The van der Waals surface area contributed by atoms with Gasteiger partial charge in [-0.25, -0.2) is 0 Å². The monoisotopic (exact) mass is 136 g/mol. The molecule has 1 N–H and O–H groups in total. The maximum Gasteiger partial charge on any atom is 0.303 e. The highest BCUT2D eigenvalue weighted by atomic mass is 19.3. The van der Waals surface area contributed by atoms with Crippen molar-refractivity contribution in [3.8, 4) is 0 Å². The van der Waals surface area contributed by atoms with Crippen LogP contribution in [0.4, 0.5) is 8.78 Å². The van der Waals surface area contributed by atoms with Gasteiger partial charge in [0.2, 0.25) is 0 Å². The molecule has 0 saturated carbocycles. The Hall–Kier alpha value is -0.930. The highest BCUT2D eigenvalue weighted by Crippen LogP contribution is 2.00. The molecular formula is C5H6F2O2. The minimum atomic E-state index is -1.82. The quantitative estimate of drug-likeness (QED) is 0.640. The number of rotatable bonds is 3. The van der Waals surface area contributed by atoms with Crippen LogP contribution in [0.1, 0.15) is 12.8 Å². The van der Waals surface area contributed by atoms with Gasteiger partial charge >= 0.3 is 5.97 Å². The number of allylic oxidation sites excluding steroid dienone is 1. The van der Waals surface area contributed by atoms with Crippen LogP contribution in [0.2, 0.25) is 0 Å². The van der Waals surface area contributed by atoms with Crippen LogP contribution in [0.15, 0.2) is 12.2 Å². The summed E-state index contributed by atoms with van der Waals surface area (Å²) in [6.07, 6.45) is -1.57. The fourth-order valence-corrected chi connectivity index (χ4v) is 0.305. The van der Waals surface area contributed by atoms with E-state index in [-0.39, 0.29) is 12.8 Å². The average molecular weight is 136 g/mol. The van der Waals surface area contributed by atoms with E-state index in [1.165, 1.54) is 0 Å². The maximum absolute atomic E-state index is 11.2. The lowest BCUT2D eigenvalue weighted by atomic mass is 10.3. The van der Waals surface area contributed by atoms with Gasteiger partial charge in [-0.15, -0.1) is 0 Å². The molecule has 0 saturated heterocycles. The van der Waals surface area contributed by atoms with Crippen LogP contribution in [0.5, 0.6) is 0 Å². The molecule has 0 rings (SSSR count). The first-order chi connectivity index (χ1) is 4.13. The zero-order chi connectivity index (χ0) is 7.28. The first-order valence-corrected chi connectivity index (χ1v) is 2.36. The molecule has 0 amide bonds. The lowest BCUT2D eigenvalue weighted by Gasteiger charge is -1.84. The summed E-state index contributed by atoms with van der Waals surface area (Å²) in [5.41, 5.74) is 0. The molecule has 4 heteroatoms. The van der Waals surface area contributed by atoms with E-state index >= 15 is 0 Å². The van der Waals surface area contributed by atoms with Crippen molar-refractivity contribution in [1.29, 1.82) is 0 Å². The Kier molecular flexibility index (Phi) is 3.59. The molecule has 0 aromatic heterocycles. The molecule has 0 atom stereocenters. The molecule has 9 heavy (non-hydrogen) atoms. The lowest BCUT2D eigenvalue weighted by Crippen LogP contribution is -1.91. The second kappa shape index (κ2) is 4.00. The summed E-state index contributed by atoms with van der Waals surface area (Å²) in [5, 5.41) is 7.95. The lowest BCUT2D eigenvalue weighted by molar-refractivity contribution is -0.136. The Morgan fingerprint density at radius 1 is 1.56 bits per heavy atom. The Labute approximate surface area is 50.8 Å². The second-order valence-electron chi connectivity index (χ2n) is 1.43. The number of halogens is 2. The van der Waals surface area contributed by atoms with Gasteiger partial charge in [-0.1, -0.05) is 0 Å². The van der Waals surface area contributed by atoms with Crippen molar-refractivity contribution < 1.29 is 18.7 Å². The van der Waals surface area contributed by atoms with Gasteiger partial charge in [-0.2, -0.15) is 8.78 Å². The van der Waals surface area contributed by atoms with Crippen molar-refractivity contribution in [3.63, 3.8) is 0 Å². The summed E-state index contributed by atoms with van der Waals surface area (Å²) in [6, 6.07) is 0. The van der Waals surface area contributed by atoms with Crippen LogP contribution in [0, 0.1) is 0 Å². The minimum absolute atomic E-state index is 0.0995. The van der Waals surface area contributed by atoms with Gasteiger partial charge in [0.15, 0.2) is 0 Å². The molecule has 0 heterocycles. The molecular weight excluding hydrogens is 130 g/mol. The van der Waals surface area contributed by atoms with E-state index in [9.17, 15) is 13.6 Å². The van der Waals surface area contributed by atoms with Gasteiger partial charge in [0.1, 0.15) is 0 Å². The van der Waals surface area contributed by atoms with Crippen molar-refractivity contribution in [3.05, 3.63) is 12.2 Å². The fraction of sp³-hybridized carbons (Fsp3) is 0.400. The number of aliphatic carboxylic acids is 1. The van der Waals surface area contributed by atoms with E-state index in [0.717, 1.165) is 0 Å². The van der Waals surface area contributed by atoms with Crippen LogP contribution in [0.3, 0.4) is 0 Å². The van der Waals surface area contributed by atoms with Gasteiger partial charge < -0.3 is 5.11 Å². The number of carbonyl (C=O) groups is 1. The molecule has 0 aromatic rings. The first-order valence-electron chi connectivity index (χ1n) is 2.36. The van der Waals surface area contributed by atoms with Crippen LogP contribution in [-0.4, -0.2) is 11.1 Å². The topological polar surface area (TPSA) is 37.3 Å². The van der Waals surface area contributed by atoms with Crippen LogP contribution >= 0.6 is 0 Å². The Bertz CT molecular complexity index is 127. The summed E-state index contributed by atoms with van der Waals surface area (Å²) in [5.74, 6) is -1.06. The van der Waals surface area contributed by atoms with Crippen molar-refractivity contribution in [1.82, 2.24) is 0 Å². The average Bonchev–Trinajstić information content (AvgIpc) is 1.63. The molecule has 0 aromatic carbocycles. The SMILES string of the molecule is O=C(O)CCC=C(F)F. The number of carboxylic acids is 1. The summed E-state index contributed by atoms with van der Waals surface area (Å²) in [7, 11) is 0. The zero-order valence-electron chi connectivity index (χ0n) is 4.60. The fourth-order valence-electron chi connectivity index (χ4n) is 0.305. The smallest absolute Gasteiger partial charge is 0.303 e. The van der Waals surface area contributed by atoms with E-state index in [1.54, 1.807) is 0 Å². The van der Waals surface area contributed by atoms with Gasteiger partial charge in [0.05, 0.1) is 0 Å². The predicted molar refractivity (Wildman–Crippen MR) is 27.2 cm³/mol. The first kappa shape index (κ1) is 8.07. The summed E-state index contributed by atoms with van der Waals surface area (Å²) in [4.78, 5) is 9.71. The predicted octanol–water partition coefficient (Wildman–Crippen LogP) is 1.63. The third-order valence-corrected chi connectivity index (χ3v) is 0.657. The van der Waals surface area contributed by atoms with Crippen molar-refractivity contribution in [2.24, 2.45) is 0 Å². The van der Waals surface area contributed by atoms with E-state index < -0.39 is 12.0 Å². The van der Waals surface area contributed by atoms with Crippen LogP contribution in [-0.2, 0) is 4.79 Å². The summed E-state index contributed by atoms with van der Waals surface area (Å²) >= 11 is 0. The normalized spacial score (nSPS) is 8.67. The van der Waals surface area contributed by atoms with Gasteiger partial charge in [0, 0.05) is 6.42 Å². The molecule has 2 nitrogen and oxygen atoms in total. The molecule has 52 valence electrons. The van der Waals surface area contributed by atoms with Crippen LogP contribution < -0.4 is 0 Å². The van der Waals surface area contributed by atoms with E-state index in [1.807, 2.05) is 0 Å². The van der Waals surface area contributed by atoms with Crippen molar-refractivity contribution in [2.75, 3.05) is 0 Å². The number of hydrogen-bond acceptors (Lipinski definition) is 1. The summed E-state index contributed by atoms with van der Waals surface area (Å²) in [6.45, 7) is 0. The molecule has 0 bridgehead atoms. The zero-order valence-corrected chi connectivity index (χ0v) is 4.60.